The molecule has 1 atom stereocenters. The van der Waals surface area contributed by atoms with Crippen LogP contribution < -0.4 is 5.32 Å². The van der Waals surface area contributed by atoms with E-state index in [2.05, 4.69) is 60.2 Å². The first-order valence-electron chi connectivity index (χ1n) is 5.74. The van der Waals surface area contributed by atoms with Gasteiger partial charge in [0.1, 0.15) is 0 Å². The third kappa shape index (κ3) is 4.64. The fourth-order valence-corrected chi connectivity index (χ4v) is 1.95. The second-order valence-electron chi connectivity index (χ2n) is 4.05. The summed E-state index contributed by atoms with van der Waals surface area (Å²) in [7, 11) is 0. The van der Waals surface area contributed by atoms with Crippen molar-refractivity contribution >= 4 is 15.9 Å². The number of rotatable bonds is 6. The van der Waals surface area contributed by atoms with E-state index in [0.29, 0.717) is 6.61 Å². The van der Waals surface area contributed by atoms with Gasteiger partial charge in [-0.2, -0.15) is 0 Å². The van der Waals surface area contributed by atoms with Gasteiger partial charge in [-0.05, 0) is 38.1 Å². The quantitative estimate of drug-likeness (QED) is 0.864. The minimum atomic E-state index is 0.268. The molecule has 0 amide bonds. The molecule has 1 rings (SSSR count). The van der Waals surface area contributed by atoms with Gasteiger partial charge < -0.3 is 10.1 Å². The Morgan fingerprint density at radius 1 is 1.38 bits per heavy atom. The molecule has 0 saturated carbocycles. The molecular weight excluding hydrogens is 266 g/mol. The molecular formula is C13H20BrNO. The van der Waals surface area contributed by atoms with Crippen LogP contribution in [-0.4, -0.2) is 19.3 Å². The van der Waals surface area contributed by atoms with Crippen molar-refractivity contribution in [2.45, 2.75) is 32.9 Å². The number of benzene rings is 1. The first-order chi connectivity index (χ1) is 7.63. The Morgan fingerprint density at radius 3 is 2.69 bits per heavy atom. The van der Waals surface area contributed by atoms with Gasteiger partial charge >= 0.3 is 0 Å². The summed E-state index contributed by atoms with van der Waals surface area (Å²) in [6.07, 6.45) is 0.272. The van der Waals surface area contributed by atoms with Crippen LogP contribution in [0.15, 0.2) is 28.7 Å². The standard InChI is InChI=1S/C13H20BrNO/c1-4-15-13(9-16-10(2)3)11-6-5-7-12(14)8-11/h5-8,10,13,15H,4,9H2,1-3H3. The molecule has 0 bridgehead atoms. The lowest BCUT2D eigenvalue weighted by molar-refractivity contribution is 0.0614. The third-order valence-electron chi connectivity index (χ3n) is 2.30. The van der Waals surface area contributed by atoms with E-state index in [1.807, 2.05) is 6.07 Å². The Bertz CT molecular complexity index is 315. The van der Waals surface area contributed by atoms with Gasteiger partial charge in [-0.15, -0.1) is 0 Å². The van der Waals surface area contributed by atoms with Crippen LogP contribution in [-0.2, 0) is 4.74 Å². The Balaban J connectivity index is 2.68. The number of hydrogen-bond acceptors (Lipinski definition) is 2. The van der Waals surface area contributed by atoms with Gasteiger partial charge in [-0.1, -0.05) is 35.0 Å². The SMILES string of the molecule is CCNC(COC(C)C)c1cccc(Br)c1. The Hall–Kier alpha value is -0.380. The molecule has 0 heterocycles. The normalized spacial score (nSPS) is 13.1. The van der Waals surface area contributed by atoms with Gasteiger partial charge in [-0.25, -0.2) is 0 Å². The maximum Gasteiger partial charge on any atom is 0.0664 e. The van der Waals surface area contributed by atoms with Gasteiger partial charge in [-0.3, -0.25) is 0 Å². The summed E-state index contributed by atoms with van der Waals surface area (Å²) in [5.41, 5.74) is 1.26. The highest BCUT2D eigenvalue weighted by molar-refractivity contribution is 9.10. The molecule has 1 unspecified atom stereocenters. The average molecular weight is 286 g/mol. The zero-order valence-electron chi connectivity index (χ0n) is 10.2. The van der Waals surface area contributed by atoms with Crippen molar-refractivity contribution in [2.24, 2.45) is 0 Å². The van der Waals surface area contributed by atoms with Crippen LogP contribution in [0.25, 0.3) is 0 Å². The molecule has 16 heavy (non-hydrogen) atoms. The van der Waals surface area contributed by atoms with Crippen molar-refractivity contribution in [3.63, 3.8) is 0 Å². The van der Waals surface area contributed by atoms with Crippen molar-refractivity contribution in [1.82, 2.24) is 5.32 Å². The largest absolute Gasteiger partial charge is 0.377 e. The number of ether oxygens (including phenoxy) is 1. The second kappa shape index (κ2) is 7.05. The Kier molecular flexibility index (Phi) is 6.03. The number of hydrogen-bond donors (Lipinski definition) is 1. The van der Waals surface area contributed by atoms with Gasteiger partial charge in [0.05, 0.1) is 18.8 Å². The summed E-state index contributed by atoms with van der Waals surface area (Å²) in [6, 6.07) is 8.62. The maximum atomic E-state index is 5.67. The van der Waals surface area contributed by atoms with Crippen LogP contribution in [0.3, 0.4) is 0 Å². The highest BCUT2D eigenvalue weighted by Gasteiger charge is 2.11. The topological polar surface area (TPSA) is 21.3 Å². The lowest BCUT2D eigenvalue weighted by atomic mass is 10.1. The van der Waals surface area contributed by atoms with Crippen LogP contribution in [0.5, 0.6) is 0 Å². The Labute approximate surface area is 107 Å². The maximum absolute atomic E-state index is 5.67. The second-order valence-corrected chi connectivity index (χ2v) is 4.96. The van der Waals surface area contributed by atoms with E-state index in [0.717, 1.165) is 11.0 Å². The molecule has 1 aromatic rings. The van der Waals surface area contributed by atoms with E-state index in [1.54, 1.807) is 0 Å². The summed E-state index contributed by atoms with van der Waals surface area (Å²) in [6.45, 7) is 7.88. The molecule has 0 spiro atoms. The minimum Gasteiger partial charge on any atom is -0.377 e. The van der Waals surface area contributed by atoms with E-state index in [9.17, 15) is 0 Å². The summed E-state index contributed by atoms with van der Waals surface area (Å²) < 4.78 is 6.78. The highest BCUT2D eigenvalue weighted by atomic mass is 79.9. The average Bonchev–Trinajstić information content (AvgIpc) is 2.24. The van der Waals surface area contributed by atoms with Crippen LogP contribution in [0.1, 0.15) is 32.4 Å². The van der Waals surface area contributed by atoms with Crippen molar-refractivity contribution < 1.29 is 4.74 Å². The molecule has 0 saturated heterocycles. The third-order valence-corrected chi connectivity index (χ3v) is 2.79. The molecule has 90 valence electrons. The zero-order valence-corrected chi connectivity index (χ0v) is 11.8. The molecule has 1 N–H and O–H groups in total. The van der Waals surface area contributed by atoms with Crippen molar-refractivity contribution in [1.29, 1.82) is 0 Å². The molecule has 0 aliphatic rings. The van der Waals surface area contributed by atoms with Crippen molar-refractivity contribution in [3.05, 3.63) is 34.3 Å². The monoisotopic (exact) mass is 285 g/mol. The summed E-state index contributed by atoms with van der Waals surface area (Å²) >= 11 is 3.49. The molecule has 0 aliphatic carbocycles. The first-order valence-corrected chi connectivity index (χ1v) is 6.53. The molecule has 3 heteroatoms. The predicted octanol–water partition coefficient (Wildman–Crippen LogP) is 3.52. The van der Waals surface area contributed by atoms with E-state index < -0.39 is 0 Å². The molecule has 0 aliphatic heterocycles. The van der Waals surface area contributed by atoms with Crippen LogP contribution in [0, 0.1) is 0 Å². The van der Waals surface area contributed by atoms with Crippen LogP contribution >= 0.6 is 15.9 Å². The fourth-order valence-electron chi connectivity index (χ4n) is 1.53. The van der Waals surface area contributed by atoms with E-state index in [1.165, 1.54) is 5.56 Å². The molecule has 2 nitrogen and oxygen atoms in total. The number of nitrogens with one attached hydrogen (secondary N) is 1. The predicted molar refractivity (Wildman–Crippen MR) is 71.6 cm³/mol. The van der Waals surface area contributed by atoms with Crippen LogP contribution in [0.2, 0.25) is 0 Å². The highest BCUT2D eigenvalue weighted by Crippen LogP contribution is 2.18. The fraction of sp³-hybridized carbons (Fsp3) is 0.538. The van der Waals surface area contributed by atoms with E-state index >= 15 is 0 Å². The van der Waals surface area contributed by atoms with Crippen molar-refractivity contribution in [2.75, 3.05) is 13.2 Å². The molecule has 0 fully saturated rings. The van der Waals surface area contributed by atoms with Gasteiger partial charge in [0.2, 0.25) is 0 Å². The zero-order chi connectivity index (χ0) is 12.0. The van der Waals surface area contributed by atoms with Crippen molar-refractivity contribution in [3.8, 4) is 0 Å². The van der Waals surface area contributed by atoms with Gasteiger partial charge in [0.25, 0.3) is 0 Å². The Morgan fingerprint density at radius 2 is 2.12 bits per heavy atom. The van der Waals surface area contributed by atoms with E-state index in [4.69, 9.17) is 4.74 Å². The summed E-state index contributed by atoms with van der Waals surface area (Å²) in [5.74, 6) is 0. The number of likely N-dealkylation sites (N-methyl/N-ethyl adjacent to an activating group) is 1. The lowest BCUT2D eigenvalue weighted by Crippen LogP contribution is -2.26. The minimum absolute atomic E-state index is 0.268. The molecule has 0 aromatic heterocycles. The first kappa shape index (κ1) is 13.7. The van der Waals surface area contributed by atoms with Gasteiger partial charge in [0.15, 0.2) is 0 Å². The molecule has 0 radical (unpaired) electrons. The smallest absolute Gasteiger partial charge is 0.0664 e. The molecule has 1 aromatic carbocycles. The summed E-state index contributed by atoms with van der Waals surface area (Å²) in [4.78, 5) is 0. The van der Waals surface area contributed by atoms with Gasteiger partial charge in [0, 0.05) is 4.47 Å². The number of halogens is 1. The van der Waals surface area contributed by atoms with Crippen LogP contribution in [0.4, 0.5) is 0 Å². The van der Waals surface area contributed by atoms with E-state index in [-0.39, 0.29) is 12.1 Å². The lowest BCUT2D eigenvalue weighted by Gasteiger charge is -2.20. The summed E-state index contributed by atoms with van der Waals surface area (Å²) in [5, 5.41) is 3.44.